The number of nitrogens with zero attached hydrogens (tertiary/aromatic N) is 5. The van der Waals surface area contributed by atoms with Gasteiger partial charge in [0.15, 0.2) is 18.2 Å². The summed E-state index contributed by atoms with van der Waals surface area (Å²) >= 11 is 0. The van der Waals surface area contributed by atoms with Gasteiger partial charge in [-0.3, -0.25) is 5.32 Å². The third kappa shape index (κ3) is 7.91. The molecular weight excluding hydrogens is 655 g/mol. The van der Waals surface area contributed by atoms with E-state index < -0.39 is 43.3 Å². The van der Waals surface area contributed by atoms with E-state index in [9.17, 15) is 22.5 Å². The van der Waals surface area contributed by atoms with Crippen molar-refractivity contribution in [2.75, 3.05) is 25.3 Å². The van der Waals surface area contributed by atoms with E-state index in [0.717, 1.165) is 12.4 Å². The number of alkyl halides is 3. The maximum Gasteiger partial charge on any atom is 0.422 e. The second kappa shape index (κ2) is 12.9. The molecule has 0 radical (unpaired) electrons. The molecule has 1 N–H and O–H groups in total. The maximum atomic E-state index is 15.7. The van der Waals surface area contributed by atoms with E-state index in [1.807, 2.05) is 0 Å². The predicted octanol–water partition coefficient (Wildman–Crippen LogP) is 7.65. The SMILES string of the molecule is Cc1ccnc(Oc2ccc(-n3c(-c4ccc(NC(=O)OC(C)(C)C)cc4)c(P(C)(C)=O)c4ncnc(OCC(F)(F)F)c43)cc2F)n1. The van der Waals surface area contributed by atoms with Gasteiger partial charge in [0, 0.05) is 29.3 Å². The van der Waals surface area contributed by atoms with Crippen LogP contribution in [0.1, 0.15) is 26.5 Å². The van der Waals surface area contributed by atoms with E-state index in [1.54, 1.807) is 58.0 Å². The molecule has 0 bridgehead atoms. The highest BCUT2D eigenvalue weighted by Crippen LogP contribution is 2.46. The van der Waals surface area contributed by atoms with Crippen molar-refractivity contribution in [3.63, 3.8) is 0 Å². The number of fused-ring (bicyclic) bond motifs is 1. The molecule has 1 amide bonds. The first-order valence-corrected chi connectivity index (χ1v) is 17.0. The van der Waals surface area contributed by atoms with Crippen LogP contribution in [0.4, 0.5) is 28.0 Å². The molecule has 252 valence electrons. The van der Waals surface area contributed by atoms with Crippen LogP contribution in [0.15, 0.2) is 61.1 Å². The van der Waals surface area contributed by atoms with Crippen molar-refractivity contribution in [3.05, 3.63) is 72.6 Å². The summed E-state index contributed by atoms with van der Waals surface area (Å²) in [7, 11) is -3.28. The van der Waals surface area contributed by atoms with Crippen LogP contribution in [-0.4, -0.2) is 62.3 Å². The average molecular weight is 687 g/mol. The smallest absolute Gasteiger partial charge is 0.422 e. The summed E-state index contributed by atoms with van der Waals surface area (Å²) in [4.78, 5) is 28.7. The molecule has 0 unspecified atom stereocenters. The van der Waals surface area contributed by atoms with Crippen molar-refractivity contribution < 1.29 is 41.1 Å². The first-order valence-electron chi connectivity index (χ1n) is 14.4. The van der Waals surface area contributed by atoms with Gasteiger partial charge in [-0.2, -0.15) is 18.2 Å². The molecule has 0 aliphatic carbocycles. The summed E-state index contributed by atoms with van der Waals surface area (Å²) in [6, 6.07) is 11.7. The first-order chi connectivity index (χ1) is 22.4. The molecule has 0 saturated carbocycles. The minimum atomic E-state index is -4.70. The molecule has 0 atom stereocenters. The molecule has 2 aromatic carbocycles. The van der Waals surface area contributed by atoms with Crippen LogP contribution in [0.5, 0.6) is 17.6 Å². The van der Waals surface area contributed by atoms with Crippen LogP contribution in [0.25, 0.3) is 28.0 Å². The lowest BCUT2D eigenvalue weighted by molar-refractivity contribution is -0.153. The Hall–Kier alpha value is -5.04. The van der Waals surface area contributed by atoms with E-state index in [4.69, 9.17) is 14.2 Å². The number of aromatic nitrogens is 5. The van der Waals surface area contributed by atoms with Crippen molar-refractivity contribution in [2.45, 2.75) is 39.5 Å². The molecule has 0 fully saturated rings. The largest absolute Gasteiger partial charge is 0.466 e. The fourth-order valence-electron chi connectivity index (χ4n) is 4.78. The predicted molar refractivity (Wildman–Crippen MR) is 172 cm³/mol. The molecule has 48 heavy (non-hydrogen) atoms. The number of benzene rings is 2. The lowest BCUT2D eigenvalue weighted by Gasteiger charge is -2.20. The fourth-order valence-corrected chi connectivity index (χ4v) is 6.19. The molecule has 0 aliphatic heterocycles. The number of carbonyl (C=O) groups is 1. The zero-order valence-electron chi connectivity index (χ0n) is 26.7. The summed E-state index contributed by atoms with van der Waals surface area (Å²) < 4.78 is 86.8. The quantitative estimate of drug-likeness (QED) is 0.129. The number of aryl methyl sites for hydroxylation is 1. The molecule has 11 nitrogen and oxygen atoms in total. The third-order valence-electron chi connectivity index (χ3n) is 6.55. The van der Waals surface area contributed by atoms with Crippen molar-refractivity contribution in [1.82, 2.24) is 24.5 Å². The third-order valence-corrected chi connectivity index (χ3v) is 8.05. The molecule has 3 aromatic heterocycles. The Morgan fingerprint density at radius 3 is 2.31 bits per heavy atom. The van der Waals surface area contributed by atoms with Crippen LogP contribution in [-0.2, 0) is 9.30 Å². The minimum Gasteiger partial charge on any atom is -0.466 e. The van der Waals surface area contributed by atoms with Crippen molar-refractivity contribution in [2.24, 2.45) is 0 Å². The molecule has 0 spiro atoms. The summed E-state index contributed by atoms with van der Waals surface area (Å²) in [5.41, 5.74) is 0.957. The van der Waals surface area contributed by atoms with Crippen LogP contribution in [0, 0.1) is 12.7 Å². The topological polar surface area (TPSA) is 130 Å². The number of ether oxygens (including phenoxy) is 3. The molecule has 0 aliphatic rings. The zero-order chi connectivity index (χ0) is 35.0. The van der Waals surface area contributed by atoms with E-state index in [2.05, 4.69) is 25.3 Å². The second-order valence-electron chi connectivity index (χ2n) is 12.1. The van der Waals surface area contributed by atoms with Gasteiger partial charge in [0.25, 0.3) is 0 Å². The van der Waals surface area contributed by atoms with E-state index in [0.29, 0.717) is 16.9 Å². The monoisotopic (exact) mass is 686 g/mol. The number of hydrogen-bond donors (Lipinski definition) is 1. The van der Waals surface area contributed by atoms with Crippen molar-refractivity contribution >= 4 is 35.3 Å². The van der Waals surface area contributed by atoms with E-state index in [1.165, 1.54) is 36.2 Å². The number of halogens is 4. The van der Waals surface area contributed by atoms with Crippen LogP contribution in [0.2, 0.25) is 0 Å². The maximum absolute atomic E-state index is 15.7. The van der Waals surface area contributed by atoms with Gasteiger partial charge in [-0.05, 0) is 76.9 Å². The Balaban J connectivity index is 1.71. The summed E-state index contributed by atoms with van der Waals surface area (Å²) in [5, 5.41) is 2.82. The van der Waals surface area contributed by atoms with Crippen LogP contribution in [0.3, 0.4) is 0 Å². The van der Waals surface area contributed by atoms with Gasteiger partial charge in [-0.25, -0.2) is 24.1 Å². The van der Waals surface area contributed by atoms with Crippen molar-refractivity contribution in [1.29, 1.82) is 0 Å². The van der Waals surface area contributed by atoms with Gasteiger partial charge in [0.1, 0.15) is 30.1 Å². The molecule has 3 heterocycles. The normalized spacial score (nSPS) is 12.2. The highest BCUT2D eigenvalue weighted by molar-refractivity contribution is 7.71. The molecule has 5 rings (SSSR count). The molecular formula is C32H31F4N6O5P. The number of anilines is 1. The van der Waals surface area contributed by atoms with Crippen molar-refractivity contribution in [3.8, 4) is 34.6 Å². The molecule has 0 saturated heterocycles. The lowest BCUT2D eigenvalue weighted by Crippen LogP contribution is -2.27. The Kier molecular flexibility index (Phi) is 9.20. The standard InChI is InChI=1S/C32H31F4N6O5P/c1-18-13-14-37-29(40-18)46-23-12-11-21(15-22(23)33)42-25(19-7-9-20(10-8-19)41-30(43)47-31(2,3)4)27(48(5,6)44)24-26(42)28(39-17-38-24)45-16-32(34,35)36/h7-15,17H,16H2,1-6H3,(H,41,43). The van der Waals surface area contributed by atoms with E-state index >= 15 is 4.39 Å². The molecule has 5 aromatic rings. The van der Waals surface area contributed by atoms with Gasteiger partial charge in [-0.1, -0.05) is 12.1 Å². The van der Waals surface area contributed by atoms with Crippen LogP contribution < -0.4 is 20.1 Å². The summed E-state index contributed by atoms with van der Waals surface area (Å²) in [6.45, 7) is 8.15. The summed E-state index contributed by atoms with van der Waals surface area (Å²) in [5.74, 6) is -1.54. The molecule has 16 heteroatoms. The Morgan fingerprint density at radius 2 is 1.71 bits per heavy atom. The number of rotatable bonds is 8. The number of amides is 1. The van der Waals surface area contributed by atoms with Gasteiger partial charge in [-0.15, -0.1) is 0 Å². The fraction of sp³-hybridized carbons (Fsp3) is 0.281. The number of hydrogen-bond acceptors (Lipinski definition) is 9. The number of carbonyl (C=O) groups excluding carboxylic acids is 1. The highest BCUT2D eigenvalue weighted by Gasteiger charge is 2.33. The van der Waals surface area contributed by atoms with Crippen LogP contribution >= 0.6 is 7.14 Å². The van der Waals surface area contributed by atoms with Gasteiger partial charge >= 0.3 is 18.3 Å². The zero-order valence-corrected chi connectivity index (χ0v) is 27.6. The first kappa shape index (κ1) is 34.3. The Morgan fingerprint density at radius 1 is 1.00 bits per heavy atom. The van der Waals surface area contributed by atoms with Gasteiger partial charge < -0.3 is 23.3 Å². The minimum absolute atomic E-state index is 0.0513. The Labute approximate surface area is 272 Å². The number of nitrogens with one attached hydrogen (secondary N) is 1. The highest BCUT2D eigenvalue weighted by atomic mass is 31.2. The van der Waals surface area contributed by atoms with Gasteiger partial charge in [0.05, 0.1) is 11.0 Å². The summed E-state index contributed by atoms with van der Waals surface area (Å²) in [6.07, 6.45) is -2.93. The van der Waals surface area contributed by atoms with E-state index in [-0.39, 0.29) is 39.5 Å². The second-order valence-corrected chi connectivity index (χ2v) is 15.2. The Bertz CT molecular complexity index is 2040. The average Bonchev–Trinajstić information content (AvgIpc) is 3.33. The van der Waals surface area contributed by atoms with Gasteiger partial charge in [0.2, 0.25) is 5.88 Å². The lowest BCUT2D eigenvalue weighted by atomic mass is 10.1.